The van der Waals surface area contributed by atoms with E-state index >= 15 is 0 Å². The zero-order valence-corrected chi connectivity index (χ0v) is 14.6. The average molecular weight is 333 g/mol. The highest BCUT2D eigenvalue weighted by atomic mass is 16.2. The Bertz CT molecular complexity index is 594. The maximum atomic E-state index is 13.1. The third kappa shape index (κ3) is 3.60. The summed E-state index contributed by atoms with van der Waals surface area (Å²) in [6.07, 6.45) is 8.03. The van der Waals surface area contributed by atoms with Crippen LogP contribution in [0.5, 0.6) is 0 Å². The predicted octanol–water partition coefficient (Wildman–Crippen LogP) is 1.22. The molecular weight excluding hydrogens is 306 g/mol. The molecule has 2 fully saturated rings. The number of aromatic nitrogens is 3. The molecule has 0 unspecified atom stereocenters. The highest BCUT2D eigenvalue weighted by Crippen LogP contribution is 2.31. The number of amides is 2. The third-order valence-electron chi connectivity index (χ3n) is 5.34. The third-order valence-corrected chi connectivity index (χ3v) is 5.34. The predicted molar refractivity (Wildman–Crippen MR) is 89.1 cm³/mol. The number of hydrogen-bond acceptors (Lipinski definition) is 4. The lowest BCUT2D eigenvalue weighted by Gasteiger charge is -2.36. The fourth-order valence-electron chi connectivity index (χ4n) is 4.14. The molecular formula is C17H27N5O2. The van der Waals surface area contributed by atoms with Gasteiger partial charge in [0.1, 0.15) is 18.2 Å². The molecule has 0 aromatic carbocycles. The van der Waals surface area contributed by atoms with Crippen molar-refractivity contribution in [3.05, 3.63) is 12.2 Å². The van der Waals surface area contributed by atoms with Crippen LogP contribution in [0.4, 0.5) is 0 Å². The van der Waals surface area contributed by atoms with E-state index in [0.29, 0.717) is 6.54 Å². The summed E-state index contributed by atoms with van der Waals surface area (Å²) < 4.78 is 1.93. The smallest absolute Gasteiger partial charge is 0.245 e. The quantitative estimate of drug-likeness (QED) is 0.898. The summed E-state index contributed by atoms with van der Waals surface area (Å²) in [5.74, 6) is 1.38. The van der Waals surface area contributed by atoms with Gasteiger partial charge in [-0.2, -0.15) is 0 Å². The monoisotopic (exact) mass is 333 g/mol. The van der Waals surface area contributed by atoms with Crippen LogP contribution in [0.25, 0.3) is 0 Å². The SMILES string of the molecule is CC(=O)N[C@@H](C(=O)N1CCC[C@H](c2nncn2C)C1)C1CCCC1. The van der Waals surface area contributed by atoms with E-state index in [1.165, 1.54) is 6.92 Å². The van der Waals surface area contributed by atoms with Crippen molar-refractivity contribution in [3.8, 4) is 0 Å². The molecule has 2 aliphatic rings. The van der Waals surface area contributed by atoms with Gasteiger partial charge in [0.05, 0.1) is 0 Å². The Hall–Kier alpha value is -1.92. The number of nitrogens with one attached hydrogen (secondary N) is 1. The standard InChI is InChI=1S/C17H27N5O2/c1-12(23)19-15(13-6-3-4-7-13)17(24)22-9-5-8-14(10-22)16-20-18-11-21(16)2/h11,13-15H,3-10H2,1-2H3,(H,19,23)/t14-,15+/m0/s1. The number of aryl methyl sites for hydroxylation is 1. The van der Waals surface area contributed by atoms with Crippen LogP contribution in [0.15, 0.2) is 6.33 Å². The van der Waals surface area contributed by atoms with Gasteiger partial charge in [-0.25, -0.2) is 0 Å². The van der Waals surface area contributed by atoms with Crippen molar-refractivity contribution in [3.63, 3.8) is 0 Å². The molecule has 24 heavy (non-hydrogen) atoms. The fourth-order valence-corrected chi connectivity index (χ4v) is 4.14. The van der Waals surface area contributed by atoms with Crippen LogP contribution in [0.1, 0.15) is 57.2 Å². The molecule has 1 aliphatic heterocycles. The van der Waals surface area contributed by atoms with Gasteiger partial charge < -0.3 is 14.8 Å². The van der Waals surface area contributed by atoms with E-state index in [0.717, 1.165) is 50.9 Å². The maximum Gasteiger partial charge on any atom is 0.245 e. The van der Waals surface area contributed by atoms with E-state index in [1.807, 2.05) is 16.5 Å². The van der Waals surface area contributed by atoms with Crippen LogP contribution < -0.4 is 5.32 Å². The lowest BCUT2D eigenvalue weighted by molar-refractivity contribution is -0.138. The molecule has 1 N–H and O–H groups in total. The van der Waals surface area contributed by atoms with Crippen LogP contribution >= 0.6 is 0 Å². The Morgan fingerprint density at radius 1 is 1.25 bits per heavy atom. The zero-order valence-electron chi connectivity index (χ0n) is 14.6. The first-order valence-electron chi connectivity index (χ1n) is 8.96. The van der Waals surface area contributed by atoms with E-state index in [-0.39, 0.29) is 29.7 Å². The minimum Gasteiger partial charge on any atom is -0.344 e. The van der Waals surface area contributed by atoms with Crippen LogP contribution in [0, 0.1) is 5.92 Å². The van der Waals surface area contributed by atoms with Gasteiger partial charge in [0.2, 0.25) is 11.8 Å². The van der Waals surface area contributed by atoms with Crippen molar-refractivity contribution in [2.75, 3.05) is 13.1 Å². The van der Waals surface area contributed by atoms with E-state index < -0.39 is 0 Å². The Morgan fingerprint density at radius 2 is 2.00 bits per heavy atom. The van der Waals surface area contributed by atoms with E-state index in [9.17, 15) is 9.59 Å². The molecule has 1 saturated heterocycles. The van der Waals surface area contributed by atoms with Crippen molar-refractivity contribution in [2.45, 2.75) is 57.4 Å². The summed E-state index contributed by atoms with van der Waals surface area (Å²) in [6, 6.07) is -0.372. The second-order valence-corrected chi connectivity index (χ2v) is 7.15. The first-order chi connectivity index (χ1) is 11.6. The molecule has 2 atom stereocenters. The van der Waals surface area contributed by atoms with Gasteiger partial charge in [0.25, 0.3) is 0 Å². The molecule has 0 radical (unpaired) electrons. The largest absolute Gasteiger partial charge is 0.344 e. The van der Waals surface area contributed by atoms with Gasteiger partial charge in [-0.1, -0.05) is 12.8 Å². The van der Waals surface area contributed by atoms with E-state index in [1.54, 1.807) is 6.33 Å². The molecule has 1 aromatic rings. The van der Waals surface area contributed by atoms with Gasteiger partial charge >= 0.3 is 0 Å². The minimum atomic E-state index is -0.372. The van der Waals surface area contributed by atoms with Gasteiger partial charge in [-0.3, -0.25) is 9.59 Å². The Kier molecular flexibility index (Phi) is 5.16. The van der Waals surface area contributed by atoms with Crippen molar-refractivity contribution in [2.24, 2.45) is 13.0 Å². The zero-order chi connectivity index (χ0) is 17.1. The second-order valence-electron chi connectivity index (χ2n) is 7.15. The van der Waals surface area contributed by atoms with Crippen LogP contribution in [-0.4, -0.2) is 50.6 Å². The van der Waals surface area contributed by atoms with Gasteiger partial charge in [0.15, 0.2) is 0 Å². The van der Waals surface area contributed by atoms with Crippen molar-refractivity contribution >= 4 is 11.8 Å². The Balaban J connectivity index is 1.71. The molecule has 7 heteroatoms. The Morgan fingerprint density at radius 3 is 2.62 bits per heavy atom. The molecule has 132 valence electrons. The molecule has 7 nitrogen and oxygen atoms in total. The molecule has 1 aromatic heterocycles. The van der Waals surface area contributed by atoms with Crippen LogP contribution in [-0.2, 0) is 16.6 Å². The topological polar surface area (TPSA) is 80.1 Å². The summed E-state index contributed by atoms with van der Waals surface area (Å²) in [5.41, 5.74) is 0. The number of piperidine rings is 1. The molecule has 1 aliphatic carbocycles. The lowest BCUT2D eigenvalue weighted by atomic mass is 9.93. The normalized spacial score (nSPS) is 23.2. The van der Waals surface area contributed by atoms with Gasteiger partial charge in [-0.15, -0.1) is 10.2 Å². The van der Waals surface area contributed by atoms with Gasteiger partial charge in [-0.05, 0) is 31.6 Å². The maximum absolute atomic E-state index is 13.1. The van der Waals surface area contributed by atoms with E-state index in [4.69, 9.17) is 0 Å². The fraction of sp³-hybridized carbons (Fsp3) is 0.765. The first-order valence-corrected chi connectivity index (χ1v) is 8.96. The molecule has 2 amide bonds. The summed E-state index contributed by atoms with van der Waals surface area (Å²) in [7, 11) is 1.94. The van der Waals surface area contributed by atoms with Crippen LogP contribution in [0.2, 0.25) is 0 Å². The lowest BCUT2D eigenvalue weighted by Crippen LogP contribution is -2.53. The number of likely N-dealkylation sites (tertiary alicyclic amines) is 1. The number of hydrogen-bond donors (Lipinski definition) is 1. The molecule has 0 spiro atoms. The molecule has 2 heterocycles. The number of carbonyl (C=O) groups excluding carboxylic acids is 2. The van der Waals surface area contributed by atoms with Gasteiger partial charge in [0, 0.05) is 33.0 Å². The van der Waals surface area contributed by atoms with E-state index in [2.05, 4.69) is 15.5 Å². The molecule has 1 saturated carbocycles. The summed E-state index contributed by atoms with van der Waals surface area (Å²) in [6.45, 7) is 2.91. The Labute approximate surface area is 142 Å². The number of carbonyl (C=O) groups is 2. The van der Waals surface area contributed by atoms with Crippen molar-refractivity contribution in [1.29, 1.82) is 0 Å². The molecule has 3 rings (SSSR count). The van der Waals surface area contributed by atoms with Crippen LogP contribution in [0.3, 0.4) is 0 Å². The second kappa shape index (κ2) is 7.32. The first kappa shape index (κ1) is 16.9. The summed E-state index contributed by atoms with van der Waals surface area (Å²) in [4.78, 5) is 26.6. The molecule has 0 bridgehead atoms. The highest BCUT2D eigenvalue weighted by molar-refractivity contribution is 5.87. The average Bonchev–Trinajstić information content (AvgIpc) is 3.23. The number of rotatable bonds is 4. The van der Waals surface area contributed by atoms with Crippen molar-refractivity contribution in [1.82, 2.24) is 25.0 Å². The summed E-state index contributed by atoms with van der Waals surface area (Å²) >= 11 is 0. The number of nitrogens with zero attached hydrogens (tertiary/aromatic N) is 4. The highest BCUT2D eigenvalue weighted by Gasteiger charge is 2.36. The summed E-state index contributed by atoms with van der Waals surface area (Å²) in [5, 5.41) is 11.1. The minimum absolute atomic E-state index is 0.0731. The van der Waals surface area contributed by atoms with Crippen molar-refractivity contribution < 1.29 is 9.59 Å².